The van der Waals surface area contributed by atoms with Gasteiger partial charge in [0.25, 0.3) is 0 Å². The van der Waals surface area contributed by atoms with Gasteiger partial charge in [-0.15, -0.1) is 0 Å². The van der Waals surface area contributed by atoms with Gasteiger partial charge in [0, 0.05) is 22.6 Å². The summed E-state index contributed by atoms with van der Waals surface area (Å²) in [7, 11) is 0. The Morgan fingerprint density at radius 1 is 1.24 bits per heavy atom. The lowest BCUT2D eigenvalue weighted by Gasteiger charge is -2.03. The number of carbonyl (C=O) groups is 1. The quantitative estimate of drug-likeness (QED) is 0.630. The maximum absolute atomic E-state index is 11.6. The third kappa shape index (κ3) is 3.45. The first-order chi connectivity index (χ1) is 8.25. The summed E-state index contributed by atoms with van der Waals surface area (Å²) in [5, 5.41) is 0. The highest BCUT2D eigenvalue weighted by Crippen LogP contribution is 2.03. The number of halogens is 1. The molecule has 86 valence electrons. The van der Waals surface area contributed by atoms with Gasteiger partial charge in [0.05, 0.1) is 0 Å². The van der Waals surface area contributed by atoms with Crippen molar-refractivity contribution in [2.45, 2.75) is 6.61 Å². The Morgan fingerprint density at radius 2 is 2.00 bits per heavy atom. The van der Waals surface area contributed by atoms with E-state index in [-0.39, 0.29) is 12.4 Å². The summed E-state index contributed by atoms with van der Waals surface area (Å²) >= 11 is 1.91. The van der Waals surface area contributed by atoms with E-state index in [0.717, 1.165) is 5.56 Å². The van der Waals surface area contributed by atoms with Crippen molar-refractivity contribution >= 4 is 28.6 Å². The van der Waals surface area contributed by atoms with Crippen LogP contribution in [0, 0.1) is 3.83 Å². The first-order valence-electron chi connectivity index (χ1n) is 4.81. The molecule has 1 aromatic heterocycles. The van der Waals surface area contributed by atoms with E-state index in [1.54, 1.807) is 0 Å². The van der Waals surface area contributed by atoms with E-state index in [1.807, 2.05) is 52.9 Å². The van der Waals surface area contributed by atoms with Gasteiger partial charge in [-0.05, 0) is 5.56 Å². The highest BCUT2D eigenvalue weighted by Gasteiger charge is 2.11. The summed E-state index contributed by atoms with van der Waals surface area (Å²) in [6.07, 6.45) is 1.29. The molecule has 0 aliphatic heterocycles. The van der Waals surface area contributed by atoms with Crippen LogP contribution in [0.2, 0.25) is 0 Å². The van der Waals surface area contributed by atoms with Crippen LogP contribution < -0.4 is 0 Å². The third-order valence-electron chi connectivity index (χ3n) is 1.94. The second kappa shape index (κ2) is 5.67. The molecule has 2 rings (SSSR count). The third-order valence-corrected chi connectivity index (χ3v) is 2.46. The zero-order valence-electron chi connectivity index (χ0n) is 8.71. The predicted octanol–water partition coefficient (Wildman–Crippen LogP) is 1.83. The average Bonchev–Trinajstić information content (AvgIpc) is 2.37. The van der Waals surface area contributed by atoms with Crippen LogP contribution in [-0.4, -0.2) is 20.9 Å². The molecule has 0 unspecified atom stereocenters. The second-order valence-electron chi connectivity index (χ2n) is 3.14. The lowest BCUT2D eigenvalue weighted by Crippen LogP contribution is -2.11. The van der Waals surface area contributed by atoms with Crippen molar-refractivity contribution in [1.82, 2.24) is 15.0 Å². The molecule has 17 heavy (non-hydrogen) atoms. The van der Waals surface area contributed by atoms with Crippen LogP contribution in [-0.2, 0) is 11.3 Å². The van der Waals surface area contributed by atoms with Crippen molar-refractivity contribution < 1.29 is 9.53 Å². The molecule has 0 radical (unpaired) electrons. The molecule has 5 nitrogen and oxygen atoms in total. The Balaban J connectivity index is 1.98. The van der Waals surface area contributed by atoms with E-state index < -0.39 is 5.97 Å². The number of esters is 1. The summed E-state index contributed by atoms with van der Waals surface area (Å²) in [5.41, 5.74) is 0.921. The van der Waals surface area contributed by atoms with Gasteiger partial charge in [0.1, 0.15) is 12.9 Å². The van der Waals surface area contributed by atoms with Crippen LogP contribution in [0.1, 0.15) is 16.2 Å². The van der Waals surface area contributed by atoms with E-state index >= 15 is 0 Å². The molecular formula is C11H8IN3O2. The van der Waals surface area contributed by atoms with Crippen molar-refractivity contribution in [2.75, 3.05) is 0 Å². The molecule has 0 aliphatic rings. The first kappa shape index (κ1) is 11.9. The topological polar surface area (TPSA) is 65.0 Å². The fourth-order valence-corrected chi connectivity index (χ4v) is 1.52. The molecule has 1 heterocycles. The molecule has 2 aromatic rings. The minimum atomic E-state index is -0.547. The van der Waals surface area contributed by atoms with Crippen molar-refractivity contribution in [2.24, 2.45) is 0 Å². The Kier molecular flexibility index (Phi) is 3.97. The smallest absolute Gasteiger partial charge is 0.376 e. The second-order valence-corrected chi connectivity index (χ2v) is 4.10. The summed E-state index contributed by atoms with van der Waals surface area (Å²) in [5.74, 6) is -0.519. The Hall–Kier alpha value is -1.57. The Bertz CT molecular complexity index is 519. The van der Waals surface area contributed by atoms with E-state index in [2.05, 4.69) is 15.0 Å². The minimum absolute atomic E-state index is 0.0281. The molecule has 0 saturated heterocycles. The van der Waals surface area contributed by atoms with Crippen molar-refractivity contribution in [3.8, 4) is 0 Å². The molecule has 0 saturated carbocycles. The predicted molar refractivity (Wildman–Crippen MR) is 68.1 cm³/mol. The number of aromatic nitrogens is 3. The Morgan fingerprint density at radius 3 is 2.71 bits per heavy atom. The van der Waals surface area contributed by atoms with Gasteiger partial charge < -0.3 is 4.74 Å². The maximum Gasteiger partial charge on any atom is 0.376 e. The first-order valence-corrected chi connectivity index (χ1v) is 5.89. The number of hydrogen-bond donors (Lipinski definition) is 0. The summed E-state index contributed by atoms with van der Waals surface area (Å²) < 4.78 is 5.54. The van der Waals surface area contributed by atoms with Gasteiger partial charge >= 0.3 is 5.97 Å². The fourth-order valence-electron chi connectivity index (χ4n) is 1.16. The van der Waals surface area contributed by atoms with Gasteiger partial charge in [-0.1, -0.05) is 30.3 Å². The molecular weight excluding hydrogens is 333 g/mol. The van der Waals surface area contributed by atoms with Gasteiger partial charge in [-0.25, -0.2) is 14.8 Å². The average molecular weight is 341 g/mol. The van der Waals surface area contributed by atoms with Crippen LogP contribution in [0.15, 0.2) is 36.7 Å². The van der Waals surface area contributed by atoms with Crippen molar-refractivity contribution in [3.63, 3.8) is 0 Å². The zero-order valence-corrected chi connectivity index (χ0v) is 10.9. The van der Waals surface area contributed by atoms with Gasteiger partial charge in [-0.3, -0.25) is 0 Å². The zero-order chi connectivity index (χ0) is 12.1. The molecule has 0 bridgehead atoms. The van der Waals surface area contributed by atoms with E-state index in [0.29, 0.717) is 3.83 Å². The molecule has 0 N–H and O–H groups in total. The van der Waals surface area contributed by atoms with Crippen molar-refractivity contribution in [3.05, 3.63) is 51.9 Å². The number of ether oxygens (including phenoxy) is 1. The number of benzene rings is 1. The lowest BCUT2D eigenvalue weighted by molar-refractivity contribution is 0.0457. The molecule has 0 atom stereocenters. The molecule has 6 heteroatoms. The lowest BCUT2D eigenvalue weighted by atomic mass is 10.2. The van der Waals surface area contributed by atoms with Gasteiger partial charge in [0.15, 0.2) is 3.83 Å². The normalized spacial score (nSPS) is 9.94. The van der Waals surface area contributed by atoms with E-state index in [9.17, 15) is 4.79 Å². The van der Waals surface area contributed by atoms with Gasteiger partial charge in [-0.2, -0.15) is 4.98 Å². The molecule has 0 aliphatic carbocycles. The van der Waals surface area contributed by atoms with E-state index in [4.69, 9.17) is 4.74 Å². The van der Waals surface area contributed by atoms with Gasteiger partial charge in [0.2, 0.25) is 5.82 Å². The van der Waals surface area contributed by atoms with Crippen LogP contribution in [0.5, 0.6) is 0 Å². The summed E-state index contributed by atoms with van der Waals surface area (Å²) in [4.78, 5) is 23.0. The molecule has 0 spiro atoms. The van der Waals surface area contributed by atoms with E-state index in [1.165, 1.54) is 6.33 Å². The number of nitrogens with zero attached hydrogens (tertiary/aromatic N) is 3. The van der Waals surface area contributed by atoms with Crippen LogP contribution in [0.4, 0.5) is 0 Å². The summed E-state index contributed by atoms with van der Waals surface area (Å²) in [6, 6.07) is 9.43. The Labute approximate surface area is 111 Å². The maximum atomic E-state index is 11.6. The minimum Gasteiger partial charge on any atom is -0.455 e. The van der Waals surface area contributed by atoms with Crippen molar-refractivity contribution in [1.29, 1.82) is 0 Å². The number of carbonyl (C=O) groups excluding carboxylic acids is 1. The molecule has 1 aromatic carbocycles. The highest BCUT2D eigenvalue weighted by molar-refractivity contribution is 14.1. The SMILES string of the molecule is O=C(OCc1ccccc1)c1ncnc(I)n1. The summed E-state index contributed by atoms with van der Waals surface area (Å²) in [6.45, 7) is 0.210. The monoisotopic (exact) mass is 341 g/mol. The molecule has 0 amide bonds. The number of hydrogen-bond acceptors (Lipinski definition) is 5. The van der Waals surface area contributed by atoms with Crippen LogP contribution in [0.3, 0.4) is 0 Å². The standard InChI is InChI=1S/C11H8IN3O2/c12-11-14-7-13-9(15-11)10(16)17-6-8-4-2-1-3-5-8/h1-5,7H,6H2. The largest absolute Gasteiger partial charge is 0.455 e. The highest BCUT2D eigenvalue weighted by atomic mass is 127. The molecule has 0 fully saturated rings. The van der Waals surface area contributed by atoms with Crippen LogP contribution >= 0.6 is 22.6 Å². The fraction of sp³-hybridized carbons (Fsp3) is 0.0909. The van der Waals surface area contributed by atoms with Crippen LogP contribution in [0.25, 0.3) is 0 Å². The number of rotatable bonds is 3.